The van der Waals surface area contributed by atoms with Gasteiger partial charge in [-0.1, -0.05) is 0 Å². The van der Waals surface area contributed by atoms with Gasteiger partial charge in [0.2, 0.25) is 11.8 Å². The second kappa shape index (κ2) is 6.05. The van der Waals surface area contributed by atoms with E-state index in [1.54, 1.807) is 6.92 Å². The summed E-state index contributed by atoms with van der Waals surface area (Å²) in [6.45, 7) is 3.99. The van der Waals surface area contributed by atoms with Crippen molar-refractivity contribution in [2.45, 2.75) is 44.6 Å². The molecule has 0 aliphatic carbocycles. The van der Waals surface area contributed by atoms with Gasteiger partial charge >= 0.3 is 0 Å². The van der Waals surface area contributed by atoms with Crippen LogP contribution in [-0.4, -0.2) is 54.3 Å². The molecule has 2 aliphatic rings. The first-order chi connectivity index (χ1) is 10.5. The van der Waals surface area contributed by atoms with Crippen molar-refractivity contribution in [2.24, 2.45) is 0 Å². The molecule has 0 spiro atoms. The zero-order valence-corrected chi connectivity index (χ0v) is 12.5. The van der Waals surface area contributed by atoms with Crippen LogP contribution >= 0.6 is 0 Å². The first-order valence-corrected chi connectivity index (χ1v) is 7.23. The van der Waals surface area contributed by atoms with Gasteiger partial charge in [-0.05, 0) is 6.92 Å². The Morgan fingerprint density at radius 3 is 2.41 bits per heavy atom. The number of amides is 2. The first kappa shape index (κ1) is 15.0. The number of aryl methyl sites for hydroxylation is 1. The van der Waals surface area contributed by atoms with Gasteiger partial charge in [-0.3, -0.25) is 9.59 Å². The summed E-state index contributed by atoms with van der Waals surface area (Å²) in [6, 6.07) is -0.384. The highest BCUT2D eigenvalue weighted by Gasteiger charge is 2.48. The molecule has 0 saturated carbocycles. The summed E-state index contributed by atoms with van der Waals surface area (Å²) in [5, 5.41) is 5.71. The predicted octanol–water partition coefficient (Wildman–Crippen LogP) is -0.687. The van der Waals surface area contributed by atoms with E-state index in [1.165, 1.54) is 13.3 Å². The number of fused-ring (bicyclic) bond motifs is 1. The number of aromatic nitrogens is 1. The lowest BCUT2D eigenvalue weighted by Crippen LogP contribution is -2.46. The van der Waals surface area contributed by atoms with Gasteiger partial charge in [0, 0.05) is 6.92 Å². The molecule has 8 nitrogen and oxygen atoms in total. The Labute approximate surface area is 127 Å². The Bertz CT molecular complexity index is 573. The molecule has 120 valence electrons. The summed E-state index contributed by atoms with van der Waals surface area (Å²) in [7, 11) is 0. The largest absolute Gasteiger partial charge is 0.449 e. The smallest absolute Gasteiger partial charge is 0.226 e. The van der Waals surface area contributed by atoms with E-state index in [-0.39, 0.29) is 42.5 Å². The summed E-state index contributed by atoms with van der Waals surface area (Å²) in [5.74, 6) is 0.364. The van der Waals surface area contributed by atoms with Crippen molar-refractivity contribution in [2.75, 3.05) is 13.2 Å². The SMILES string of the molecule is CC(=O)N[C@H]1CO[C@H]2[C@@H]1OC[C@@H]2NC(=O)Cc1ncoc1C. The van der Waals surface area contributed by atoms with Gasteiger partial charge in [0.15, 0.2) is 6.39 Å². The minimum absolute atomic E-state index is 0.119. The van der Waals surface area contributed by atoms with Crippen LogP contribution in [0.1, 0.15) is 18.4 Å². The van der Waals surface area contributed by atoms with Crippen LogP contribution in [0.3, 0.4) is 0 Å². The Morgan fingerprint density at radius 1 is 1.23 bits per heavy atom. The van der Waals surface area contributed by atoms with Gasteiger partial charge in [0.1, 0.15) is 18.0 Å². The lowest BCUT2D eigenvalue weighted by atomic mass is 10.1. The average molecular weight is 309 g/mol. The molecule has 2 N–H and O–H groups in total. The van der Waals surface area contributed by atoms with Crippen molar-refractivity contribution in [1.29, 1.82) is 0 Å². The van der Waals surface area contributed by atoms with E-state index in [2.05, 4.69) is 15.6 Å². The Balaban J connectivity index is 1.55. The number of nitrogens with zero attached hydrogens (tertiary/aromatic N) is 1. The van der Waals surface area contributed by atoms with Crippen molar-refractivity contribution < 1.29 is 23.5 Å². The third-order valence-electron chi connectivity index (χ3n) is 3.96. The number of hydrogen-bond acceptors (Lipinski definition) is 6. The summed E-state index contributed by atoms with van der Waals surface area (Å²) in [4.78, 5) is 27.2. The van der Waals surface area contributed by atoms with E-state index >= 15 is 0 Å². The highest BCUT2D eigenvalue weighted by molar-refractivity contribution is 5.78. The zero-order valence-electron chi connectivity index (χ0n) is 12.5. The monoisotopic (exact) mass is 309 g/mol. The van der Waals surface area contributed by atoms with Gasteiger partial charge in [-0.2, -0.15) is 0 Å². The third kappa shape index (κ3) is 2.97. The number of nitrogens with one attached hydrogen (secondary N) is 2. The molecule has 4 atom stereocenters. The van der Waals surface area contributed by atoms with Crippen molar-refractivity contribution in [1.82, 2.24) is 15.6 Å². The van der Waals surface area contributed by atoms with E-state index in [9.17, 15) is 9.59 Å². The van der Waals surface area contributed by atoms with Crippen LogP contribution in [0.2, 0.25) is 0 Å². The number of carbonyl (C=O) groups is 2. The molecule has 2 fully saturated rings. The molecule has 2 amide bonds. The van der Waals surface area contributed by atoms with Gasteiger partial charge in [-0.25, -0.2) is 4.98 Å². The second-order valence-electron chi connectivity index (χ2n) is 5.61. The summed E-state index contributed by atoms with van der Waals surface area (Å²) in [6.07, 6.45) is 1.03. The van der Waals surface area contributed by atoms with Crippen molar-refractivity contribution in [3.63, 3.8) is 0 Å². The van der Waals surface area contributed by atoms with Gasteiger partial charge in [0.25, 0.3) is 0 Å². The lowest BCUT2D eigenvalue weighted by molar-refractivity contribution is -0.122. The minimum atomic E-state index is -0.237. The molecular weight excluding hydrogens is 290 g/mol. The second-order valence-corrected chi connectivity index (χ2v) is 5.61. The van der Waals surface area contributed by atoms with Crippen LogP contribution in [0, 0.1) is 6.92 Å². The van der Waals surface area contributed by atoms with Crippen LogP contribution in [0.5, 0.6) is 0 Å². The molecule has 0 unspecified atom stereocenters. The molecule has 1 aromatic heterocycles. The van der Waals surface area contributed by atoms with Crippen LogP contribution in [-0.2, 0) is 25.5 Å². The average Bonchev–Trinajstić information content (AvgIpc) is 3.11. The molecule has 8 heteroatoms. The minimum Gasteiger partial charge on any atom is -0.449 e. The molecular formula is C14H19N3O5. The summed E-state index contributed by atoms with van der Waals surface area (Å²) < 4.78 is 16.4. The van der Waals surface area contributed by atoms with E-state index in [1.807, 2.05) is 0 Å². The molecule has 2 saturated heterocycles. The van der Waals surface area contributed by atoms with Crippen LogP contribution in [0.25, 0.3) is 0 Å². The topological polar surface area (TPSA) is 103 Å². The Hall–Kier alpha value is -1.93. The fraction of sp³-hybridized carbons (Fsp3) is 0.643. The van der Waals surface area contributed by atoms with Crippen LogP contribution in [0.4, 0.5) is 0 Å². The highest BCUT2D eigenvalue weighted by atomic mass is 16.6. The number of rotatable bonds is 4. The Kier molecular flexibility index (Phi) is 4.12. The third-order valence-corrected chi connectivity index (χ3v) is 3.96. The molecule has 22 heavy (non-hydrogen) atoms. The molecule has 2 aliphatic heterocycles. The van der Waals surface area contributed by atoms with E-state index < -0.39 is 0 Å². The highest BCUT2D eigenvalue weighted by Crippen LogP contribution is 2.27. The van der Waals surface area contributed by atoms with Gasteiger partial charge < -0.3 is 24.5 Å². The normalized spacial score (nSPS) is 30.1. The molecule has 0 radical (unpaired) electrons. The molecule has 3 rings (SSSR count). The van der Waals surface area contributed by atoms with Crippen LogP contribution in [0.15, 0.2) is 10.8 Å². The molecule has 0 aromatic carbocycles. The quantitative estimate of drug-likeness (QED) is 0.763. The number of hydrogen-bond donors (Lipinski definition) is 2. The first-order valence-electron chi connectivity index (χ1n) is 7.23. The van der Waals surface area contributed by atoms with Crippen molar-refractivity contribution in [3.05, 3.63) is 17.8 Å². The number of carbonyl (C=O) groups excluding carboxylic acids is 2. The lowest BCUT2D eigenvalue weighted by Gasteiger charge is -2.17. The van der Waals surface area contributed by atoms with E-state index in [0.717, 1.165) is 0 Å². The van der Waals surface area contributed by atoms with Crippen molar-refractivity contribution >= 4 is 11.8 Å². The van der Waals surface area contributed by atoms with Gasteiger partial charge in [0.05, 0.1) is 37.4 Å². The predicted molar refractivity (Wildman–Crippen MR) is 74.0 cm³/mol. The molecule has 0 bridgehead atoms. The maximum atomic E-state index is 12.1. The molecule has 3 heterocycles. The van der Waals surface area contributed by atoms with Crippen molar-refractivity contribution in [3.8, 4) is 0 Å². The number of oxazole rings is 1. The summed E-state index contributed by atoms with van der Waals surface area (Å²) >= 11 is 0. The van der Waals surface area contributed by atoms with Gasteiger partial charge in [-0.15, -0.1) is 0 Å². The van der Waals surface area contributed by atoms with Crippen LogP contribution < -0.4 is 10.6 Å². The standard InChI is InChI=1S/C14H19N3O5/c1-7-9(15-6-22-7)3-12(19)17-11-5-21-13-10(16-8(2)18)4-20-14(11)13/h6,10-11,13-14H,3-5H2,1-2H3,(H,16,18)(H,17,19)/t10-,11-,13+,14+/m0/s1. The van der Waals surface area contributed by atoms with E-state index in [4.69, 9.17) is 13.9 Å². The fourth-order valence-electron chi connectivity index (χ4n) is 2.92. The fourth-order valence-corrected chi connectivity index (χ4v) is 2.92. The van der Waals surface area contributed by atoms with E-state index in [0.29, 0.717) is 24.7 Å². The number of ether oxygens (including phenoxy) is 2. The molecule has 1 aromatic rings. The maximum absolute atomic E-state index is 12.1. The summed E-state index contributed by atoms with van der Waals surface area (Å²) in [5.41, 5.74) is 0.622. The zero-order chi connectivity index (χ0) is 15.7. The Morgan fingerprint density at radius 2 is 1.86 bits per heavy atom. The maximum Gasteiger partial charge on any atom is 0.226 e.